The van der Waals surface area contributed by atoms with Gasteiger partial charge >= 0.3 is 12.4 Å². The molecule has 0 spiro atoms. The third kappa shape index (κ3) is 10.3. The Hall–Kier alpha value is -3.68. The van der Waals surface area contributed by atoms with Crippen molar-refractivity contribution in [2.45, 2.75) is 12.9 Å². The minimum Gasteiger partial charge on any atom is -0.424 e. The van der Waals surface area contributed by atoms with Gasteiger partial charge in [-0.05, 0) is 29.8 Å². The molecule has 0 fully saturated rings. The largest absolute Gasteiger partial charge is 0.573 e. The maximum Gasteiger partial charge on any atom is 0.573 e. The fourth-order valence-corrected chi connectivity index (χ4v) is 2.78. The number of rotatable bonds is 15. The maximum absolute atomic E-state index is 12.3. The number of nitrogens with zero attached hydrogens (tertiary/aromatic N) is 3. The van der Waals surface area contributed by atoms with E-state index in [0.717, 1.165) is 0 Å². The number of para-hydroxylation sites is 1. The summed E-state index contributed by atoms with van der Waals surface area (Å²) in [5, 5.41) is 6.07. The summed E-state index contributed by atoms with van der Waals surface area (Å²) in [5.41, 5.74) is 6.05. The highest BCUT2D eigenvalue weighted by Crippen LogP contribution is 2.23. The number of benzene rings is 2. The summed E-state index contributed by atoms with van der Waals surface area (Å²) in [7, 11) is 0. The second-order valence-electron chi connectivity index (χ2n) is 7.17. The lowest BCUT2D eigenvalue weighted by Gasteiger charge is -2.12. The highest BCUT2D eigenvalue weighted by Gasteiger charge is 2.30. The fraction of sp³-hybridized carbons (Fsp3) is 0.348. The Morgan fingerprint density at radius 2 is 1.42 bits per heavy atom. The topological polar surface area (TPSA) is 126 Å². The summed E-state index contributed by atoms with van der Waals surface area (Å²) in [6.45, 7) is 2.89. The average Bonchev–Trinajstić information content (AvgIpc) is 2.85. The van der Waals surface area contributed by atoms with Crippen molar-refractivity contribution >= 4 is 11.9 Å². The van der Waals surface area contributed by atoms with Crippen molar-refractivity contribution in [3.63, 3.8) is 0 Å². The lowest BCUT2D eigenvalue weighted by atomic mass is 10.2. The molecule has 1 aromatic heterocycles. The van der Waals surface area contributed by atoms with E-state index in [1.807, 2.05) is 18.2 Å². The van der Waals surface area contributed by atoms with Gasteiger partial charge in [0.05, 0.1) is 26.4 Å². The molecule has 0 aliphatic rings. The van der Waals surface area contributed by atoms with Crippen molar-refractivity contribution in [1.82, 2.24) is 15.0 Å². The van der Waals surface area contributed by atoms with Crippen LogP contribution < -0.4 is 25.8 Å². The van der Waals surface area contributed by atoms with Crippen LogP contribution in [0, 0.1) is 0 Å². The van der Waals surface area contributed by atoms with Crippen molar-refractivity contribution < 1.29 is 32.1 Å². The van der Waals surface area contributed by atoms with E-state index in [0.29, 0.717) is 50.8 Å². The summed E-state index contributed by atoms with van der Waals surface area (Å²) in [4.78, 5) is 12.9. The van der Waals surface area contributed by atoms with Gasteiger partial charge in [-0.15, -0.1) is 13.2 Å². The Bertz CT molecular complexity index is 1040. The summed E-state index contributed by atoms with van der Waals surface area (Å²) >= 11 is 0. The summed E-state index contributed by atoms with van der Waals surface area (Å²) in [5.74, 6) is 0.715. The second kappa shape index (κ2) is 14.0. The molecule has 13 heteroatoms. The molecular weight excluding hydrogens is 481 g/mol. The van der Waals surface area contributed by atoms with Crippen LogP contribution in [0.2, 0.25) is 0 Å². The third-order valence-electron chi connectivity index (χ3n) is 4.34. The molecule has 0 saturated heterocycles. The number of hydrogen-bond donors (Lipinski definition) is 3. The van der Waals surface area contributed by atoms with Crippen LogP contribution in [-0.2, 0) is 16.0 Å². The van der Waals surface area contributed by atoms with Crippen LogP contribution in [0.4, 0.5) is 25.1 Å². The highest BCUT2D eigenvalue weighted by atomic mass is 19.4. The number of anilines is 2. The first kappa shape index (κ1) is 26.9. The van der Waals surface area contributed by atoms with E-state index in [1.165, 1.54) is 24.3 Å². The fourth-order valence-electron chi connectivity index (χ4n) is 2.78. The molecule has 0 bridgehead atoms. The van der Waals surface area contributed by atoms with Gasteiger partial charge in [0.1, 0.15) is 11.5 Å². The van der Waals surface area contributed by atoms with Crippen molar-refractivity contribution in [1.29, 1.82) is 0 Å². The van der Waals surface area contributed by atoms with Gasteiger partial charge in [-0.1, -0.05) is 30.3 Å². The molecule has 2 aromatic carbocycles. The Labute approximate surface area is 206 Å². The molecule has 0 unspecified atom stereocenters. The predicted octanol–water partition coefficient (Wildman–Crippen LogP) is 3.58. The van der Waals surface area contributed by atoms with Crippen molar-refractivity contribution in [3.05, 3.63) is 60.2 Å². The first-order valence-corrected chi connectivity index (χ1v) is 11.1. The first-order chi connectivity index (χ1) is 17.4. The van der Waals surface area contributed by atoms with Gasteiger partial charge in [0.25, 0.3) is 0 Å². The van der Waals surface area contributed by atoms with Crippen molar-refractivity contribution in [2.75, 3.05) is 50.2 Å². The van der Waals surface area contributed by atoms with Crippen LogP contribution in [0.5, 0.6) is 17.5 Å². The van der Waals surface area contributed by atoms with Gasteiger partial charge in [0.2, 0.25) is 11.9 Å². The monoisotopic (exact) mass is 508 g/mol. The van der Waals surface area contributed by atoms with E-state index in [2.05, 4.69) is 30.3 Å². The third-order valence-corrected chi connectivity index (χ3v) is 4.34. The molecule has 36 heavy (non-hydrogen) atoms. The molecule has 4 N–H and O–H groups in total. The molecule has 194 valence electrons. The van der Waals surface area contributed by atoms with E-state index in [9.17, 15) is 13.2 Å². The minimum atomic E-state index is -4.74. The van der Waals surface area contributed by atoms with Crippen molar-refractivity contribution in [3.8, 4) is 17.5 Å². The lowest BCUT2D eigenvalue weighted by molar-refractivity contribution is -0.274. The van der Waals surface area contributed by atoms with Gasteiger partial charge in [-0.25, -0.2) is 0 Å². The number of alkyl halides is 3. The van der Waals surface area contributed by atoms with E-state index in [-0.39, 0.29) is 30.2 Å². The average molecular weight is 509 g/mol. The molecule has 0 radical (unpaired) electrons. The zero-order chi connectivity index (χ0) is 25.6. The van der Waals surface area contributed by atoms with Gasteiger partial charge in [-0.3, -0.25) is 0 Å². The number of nitrogens with one attached hydrogen (secondary N) is 2. The SMILES string of the molecule is NCCOCCOCCNc1nc(NCc2ccc(OC(F)(F)F)cc2)nc(Oc2ccccc2)n1. The van der Waals surface area contributed by atoms with E-state index < -0.39 is 6.36 Å². The Morgan fingerprint density at radius 1 is 0.750 bits per heavy atom. The molecule has 3 rings (SSSR count). The number of aromatic nitrogens is 3. The number of nitrogens with two attached hydrogens (primary N) is 1. The zero-order valence-electron chi connectivity index (χ0n) is 19.3. The minimum absolute atomic E-state index is 0.0613. The Kier molecular flexibility index (Phi) is 10.5. The van der Waals surface area contributed by atoms with E-state index >= 15 is 0 Å². The van der Waals surface area contributed by atoms with Gasteiger partial charge in [0.15, 0.2) is 0 Å². The molecule has 0 aliphatic heterocycles. The number of halogens is 3. The molecule has 0 amide bonds. The maximum atomic E-state index is 12.3. The molecule has 10 nitrogen and oxygen atoms in total. The van der Waals surface area contributed by atoms with E-state index in [1.54, 1.807) is 12.1 Å². The zero-order valence-corrected chi connectivity index (χ0v) is 19.3. The van der Waals surface area contributed by atoms with Gasteiger partial charge in [0, 0.05) is 19.6 Å². The first-order valence-electron chi connectivity index (χ1n) is 11.1. The van der Waals surface area contributed by atoms with Crippen molar-refractivity contribution in [2.24, 2.45) is 5.73 Å². The normalized spacial score (nSPS) is 11.2. The smallest absolute Gasteiger partial charge is 0.424 e. The number of ether oxygens (including phenoxy) is 4. The molecule has 0 atom stereocenters. The summed E-state index contributed by atoms with van der Waals surface area (Å²) < 4.78 is 57.4. The van der Waals surface area contributed by atoms with Crippen LogP contribution in [0.3, 0.4) is 0 Å². The molecule has 0 saturated carbocycles. The molecular formula is C23H27F3N6O4. The second-order valence-corrected chi connectivity index (χ2v) is 7.17. The molecule has 1 heterocycles. The Morgan fingerprint density at radius 3 is 2.08 bits per heavy atom. The number of hydrogen-bond acceptors (Lipinski definition) is 10. The van der Waals surface area contributed by atoms with Crippen LogP contribution in [0.15, 0.2) is 54.6 Å². The summed E-state index contributed by atoms with van der Waals surface area (Å²) in [6, 6.07) is 14.5. The predicted molar refractivity (Wildman–Crippen MR) is 126 cm³/mol. The van der Waals surface area contributed by atoms with Crippen LogP contribution in [-0.4, -0.2) is 60.8 Å². The summed E-state index contributed by atoms with van der Waals surface area (Å²) in [6.07, 6.45) is -4.74. The lowest BCUT2D eigenvalue weighted by Crippen LogP contribution is -2.17. The standard InChI is InChI=1S/C23H27F3N6O4/c24-23(25,26)36-19-8-6-17(7-9-19)16-29-21-30-20(28-11-13-34-15-14-33-12-10-27)31-22(32-21)35-18-4-2-1-3-5-18/h1-9H,10-16,27H2,(H2,28,29,30,31,32). The quantitative estimate of drug-likeness (QED) is 0.262. The van der Waals surface area contributed by atoms with E-state index in [4.69, 9.17) is 19.9 Å². The molecule has 3 aromatic rings. The van der Waals surface area contributed by atoms with Gasteiger partial charge in [-0.2, -0.15) is 15.0 Å². The highest BCUT2D eigenvalue weighted by molar-refractivity contribution is 5.38. The molecule has 0 aliphatic carbocycles. The van der Waals surface area contributed by atoms with Crippen LogP contribution in [0.25, 0.3) is 0 Å². The Balaban J connectivity index is 1.59. The van der Waals surface area contributed by atoms with Gasteiger partial charge < -0.3 is 35.3 Å². The van der Waals surface area contributed by atoms with Crippen LogP contribution in [0.1, 0.15) is 5.56 Å². The van der Waals surface area contributed by atoms with Crippen LogP contribution >= 0.6 is 0 Å².